The van der Waals surface area contributed by atoms with E-state index in [0.717, 1.165) is 5.56 Å². The fourth-order valence-corrected chi connectivity index (χ4v) is 3.84. The summed E-state index contributed by atoms with van der Waals surface area (Å²) in [6, 6.07) is 21.4. The van der Waals surface area contributed by atoms with Crippen LogP contribution in [0.1, 0.15) is 24.0 Å². The maximum atomic E-state index is 12.3. The summed E-state index contributed by atoms with van der Waals surface area (Å²) in [6.07, 6.45) is 0. The molecule has 4 rings (SSSR count). The van der Waals surface area contributed by atoms with Gasteiger partial charge in [-0.25, -0.2) is 4.79 Å². The molecule has 2 N–H and O–H groups in total. The van der Waals surface area contributed by atoms with Crippen LogP contribution in [-0.2, 0) is 4.79 Å². The van der Waals surface area contributed by atoms with Crippen molar-refractivity contribution < 1.29 is 23.7 Å². The Morgan fingerprint density at radius 3 is 2.68 bits per heavy atom. The highest BCUT2D eigenvalue weighted by Crippen LogP contribution is 2.44. The van der Waals surface area contributed by atoms with E-state index >= 15 is 0 Å². The van der Waals surface area contributed by atoms with Crippen LogP contribution in [0, 0.1) is 11.3 Å². The van der Waals surface area contributed by atoms with E-state index in [2.05, 4.69) is 6.07 Å². The Hall–Kier alpha value is -4.15. The number of benzene rings is 3. The molecule has 172 valence electrons. The van der Waals surface area contributed by atoms with Gasteiger partial charge < -0.3 is 24.7 Å². The Kier molecular flexibility index (Phi) is 6.90. The highest BCUT2D eigenvalue weighted by atomic mass is 35.5. The van der Waals surface area contributed by atoms with Gasteiger partial charge in [-0.15, -0.1) is 0 Å². The molecule has 1 aliphatic rings. The second-order valence-corrected chi connectivity index (χ2v) is 7.73. The Bertz CT molecular complexity index is 1300. The number of hydrogen-bond acceptors (Lipinski definition) is 7. The lowest BCUT2D eigenvalue weighted by atomic mass is 9.83. The summed E-state index contributed by atoms with van der Waals surface area (Å²) >= 11 is 6.04. The van der Waals surface area contributed by atoms with Crippen molar-refractivity contribution in [3.63, 3.8) is 0 Å². The molecule has 1 unspecified atom stereocenters. The van der Waals surface area contributed by atoms with Gasteiger partial charge in [-0.05, 0) is 42.8 Å². The van der Waals surface area contributed by atoms with E-state index in [-0.39, 0.29) is 18.2 Å². The number of halogens is 1. The Morgan fingerprint density at radius 1 is 1.09 bits per heavy atom. The molecule has 0 aliphatic carbocycles. The Labute approximate surface area is 201 Å². The number of esters is 1. The van der Waals surface area contributed by atoms with Crippen LogP contribution in [0.25, 0.3) is 0 Å². The molecule has 0 amide bonds. The van der Waals surface area contributed by atoms with Crippen molar-refractivity contribution in [2.24, 2.45) is 5.73 Å². The molecule has 0 bridgehead atoms. The number of carbonyl (C=O) groups is 1. The predicted octanol–water partition coefficient (Wildman–Crippen LogP) is 4.94. The molecule has 1 aliphatic heterocycles. The third-order valence-corrected chi connectivity index (χ3v) is 5.42. The first-order valence-electron chi connectivity index (χ1n) is 10.5. The zero-order chi connectivity index (χ0) is 24.1. The van der Waals surface area contributed by atoms with Crippen LogP contribution >= 0.6 is 11.6 Å². The van der Waals surface area contributed by atoms with Gasteiger partial charge in [0.05, 0.1) is 17.5 Å². The average molecular weight is 477 g/mol. The fraction of sp³-hybridized carbons (Fsp3) is 0.154. The Morgan fingerprint density at radius 2 is 1.91 bits per heavy atom. The lowest BCUT2D eigenvalue weighted by molar-refractivity contribution is -0.136. The molecule has 0 aromatic heterocycles. The minimum absolute atomic E-state index is 0.00709. The largest absolute Gasteiger partial charge is 0.494 e. The van der Waals surface area contributed by atoms with Crippen LogP contribution in [0.15, 0.2) is 78.2 Å². The van der Waals surface area contributed by atoms with Crippen molar-refractivity contribution >= 4 is 17.6 Å². The number of fused-ring (bicyclic) bond motifs is 1. The monoisotopic (exact) mass is 476 g/mol. The van der Waals surface area contributed by atoms with Gasteiger partial charge in [0.15, 0.2) is 6.61 Å². The molecule has 0 saturated heterocycles. The van der Waals surface area contributed by atoms with Gasteiger partial charge in [-0.2, -0.15) is 5.26 Å². The molecule has 34 heavy (non-hydrogen) atoms. The van der Waals surface area contributed by atoms with Crippen LogP contribution in [0.5, 0.6) is 23.0 Å². The van der Waals surface area contributed by atoms with Crippen molar-refractivity contribution in [3.8, 4) is 29.1 Å². The van der Waals surface area contributed by atoms with Gasteiger partial charge >= 0.3 is 5.97 Å². The summed E-state index contributed by atoms with van der Waals surface area (Å²) in [7, 11) is 0. The van der Waals surface area contributed by atoms with Crippen LogP contribution in [-0.4, -0.2) is 19.2 Å². The predicted molar refractivity (Wildman–Crippen MR) is 126 cm³/mol. The maximum absolute atomic E-state index is 12.3. The highest BCUT2D eigenvalue weighted by Gasteiger charge is 2.31. The number of rotatable bonds is 7. The van der Waals surface area contributed by atoms with E-state index in [1.54, 1.807) is 42.5 Å². The number of para-hydroxylation sites is 1. The smallest absolute Gasteiger partial charge is 0.349 e. The first-order valence-corrected chi connectivity index (χ1v) is 10.9. The van der Waals surface area contributed by atoms with Crippen LogP contribution in [0.3, 0.4) is 0 Å². The van der Waals surface area contributed by atoms with E-state index in [0.29, 0.717) is 40.0 Å². The number of ether oxygens (including phenoxy) is 4. The van der Waals surface area contributed by atoms with E-state index in [1.165, 1.54) is 0 Å². The molecule has 3 aromatic rings. The Balaban J connectivity index is 1.56. The summed E-state index contributed by atoms with van der Waals surface area (Å²) in [5.41, 5.74) is 7.90. The second-order valence-electron chi connectivity index (χ2n) is 7.32. The molecule has 7 nitrogen and oxygen atoms in total. The first kappa shape index (κ1) is 23.0. The number of nitrogens with two attached hydrogens (primary N) is 1. The summed E-state index contributed by atoms with van der Waals surface area (Å²) < 4.78 is 22.1. The number of allylic oxidation sites excluding steroid dienone is 1. The van der Waals surface area contributed by atoms with Gasteiger partial charge in [0, 0.05) is 11.6 Å². The van der Waals surface area contributed by atoms with Gasteiger partial charge in [-0.1, -0.05) is 41.9 Å². The van der Waals surface area contributed by atoms with Crippen LogP contribution in [0.2, 0.25) is 5.02 Å². The van der Waals surface area contributed by atoms with Crippen molar-refractivity contribution in [2.45, 2.75) is 12.8 Å². The molecule has 0 saturated carbocycles. The average Bonchev–Trinajstić information content (AvgIpc) is 2.83. The quantitative estimate of drug-likeness (QED) is 0.380. The van der Waals surface area contributed by atoms with Crippen LogP contribution in [0.4, 0.5) is 0 Å². The van der Waals surface area contributed by atoms with Crippen molar-refractivity contribution in [1.82, 2.24) is 0 Å². The van der Waals surface area contributed by atoms with E-state index in [1.807, 2.05) is 31.2 Å². The zero-order valence-electron chi connectivity index (χ0n) is 18.3. The number of carbonyl (C=O) groups excluding carboxylic acids is 1. The third kappa shape index (κ3) is 4.92. The fourth-order valence-electron chi connectivity index (χ4n) is 3.65. The van der Waals surface area contributed by atoms with Crippen molar-refractivity contribution in [3.05, 3.63) is 94.3 Å². The summed E-state index contributed by atoms with van der Waals surface area (Å²) in [5.74, 6) is 0.636. The maximum Gasteiger partial charge on any atom is 0.349 e. The molecular formula is C26H21ClN2O5. The van der Waals surface area contributed by atoms with Gasteiger partial charge in [0.25, 0.3) is 0 Å². The first-order chi connectivity index (χ1) is 16.5. The van der Waals surface area contributed by atoms with Crippen LogP contribution < -0.4 is 24.7 Å². The number of nitriles is 1. The van der Waals surface area contributed by atoms with Gasteiger partial charge in [0.1, 0.15) is 34.6 Å². The van der Waals surface area contributed by atoms with Gasteiger partial charge in [0.2, 0.25) is 5.88 Å². The summed E-state index contributed by atoms with van der Waals surface area (Å²) in [4.78, 5) is 12.3. The molecule has 3 aromatic carbocycles. The molecule has 1 atom stereocenters. The molecule has 1 heterocycles. The lowest BCUT2D eigenvalue weighted by Crippen LogP contribution is -2.21. The number of hydrogen-bond donors (Lipinski definition) is 1. The highest BCUT2D eigenvalue weighted by molar-refractivity contribution is 6.32. The van der Waals surface area contributed by atoms with E-state index in [4.69, 9.17) is 36.3 Å². The summed E-state index contributed by atoms with van der Waals surface area (Å²) in [5, 5.41) is 10.1. The second kappa shape index (κ2) is 10.2. The lowest BCUT2D eigenvalue weighted by Gasteiger charge is -2.27. The summed E-state index contributed by atoms with van der Waals surface area (Å²) in [6.45, 7) is 2.10. The molecule has 0 fully saturated rings. The molecule has 0 radical (unpaired) electrons. The third-order valence-electron chi connectivity index (χ3n) is 5.11. The molecule has 8 heteroatoms. The zero-order valence-corrected chi connectivity index (χ0v) is 19.0. The molecular weight excluding hydrogens is 456 g/mol. The van der Waals surface area contributed by atoms with Gasteiger partial charge in [-0.3, -0.25) is 0 Å². The normalized spacial score (nSPS) is 14.4. The topological polar surface area (TPSA) is 104 Å². The SMILES string of the molecule is CCOc1cccc(C2C(C#N)=C(N)Oc3cc(OC(=O)COc4ccccc4Cl)ccc32)c1. The minimum atomic E-state index is -0.613. The number of nitrogens with zero attached hydrogens (tertiary/aromatic N) is 1. The standard InChI is InChI=1S/C26H21ClN2O5/c1-2-31-17-7-5-6-16(12-17)25-19-11-10-18(13-23(19)34-26(29)20(25)14-28)33-24(30)15-32-22-9-4-3-8-21(22)27/h3-13,25H,2,15,29H2,1H3. The molecule has 0 spiro atoms. The van der Waals surface area contributed by atoms with Crippen molar-refractivity contribution in [1.29, 1.82) is 5.26 Å². The van der Waals surface area contributed by atoms with E-state index < -0.39 is 11.9 Å². The van der Waals surface area contributed by atoms with E-state index in [9.17, 15) is 10.1 Å². The van der Waals surface area contributed by atoms with Crippen molar-refractivity contribution in [2.75, 3.05) is 13.2 Å². The minimum Gasteiger partial charge on any atom is -0.494 e.